The summed E-state index contributed by atoms with van der Waals surface area (Å²) in [6.45, 7) is 31.7. The van der Waals surface area contributed by atoms with E-state index in [1.165, 1.54) is 0 Å². The molecule has 2 saturated heterocycles. The maximum Gasteiger partial charge on any atom is 0.235 e. The monoisotopic (exact) mass is 610 g/mol. The predicted molar refractivity (Wildman–Crippen MR) is 185 cm³/mol. The number of phenols is 2. The first kappa shape index (κ1) is 33.8. The van der Waals surface area contributed by atoms with Crippen molar-refractivity contribution in [3.8, 4) is 11.5 Å². The summed E-state index contributed by atoms with van der Waals surface area (Å²) in [5.41, 5.74) is -0.895. The van der Waals surface area contributed by atoms with Gasteiger partial charge in [0.25, 0.3) is 0 Å². The summed E-state index contributed by atoms with van der Waals surface area (Å²) >= 11 is 0. The van der Waals surface area contributed by atoms with Crippen LogP contribution in [-0.4, -0.2) is 27.7 Å². The summed E-state index contributed by atoms with van der Waals surface area (Å²) in [4.78, 5) is 33.7. The zero-order valence-electron chi connectivity index (χ0n) is 28.4. The third-order valence-electron chi connectivity index (χ3n) is 11.5. The molecule has 2 aliphatic heterocycles. The Bertz CT molecular complexity index is 1430. The van der Waals surface area contributed by atoms with Gasteiger partial charge in [-0.05, 0) is 72.2 Å². The predicted octanol–water partition coefficient (Wildman–Crippen LogP) is 8.21. The van der Waals surface area contributed by atoms with Gasteiger partial charge in [-0.2, -0.15) is 0 Å². The largest absolute Gasteiger partial charge is 0.507 e. The van der Waals surface area contributed by atoms with Gasteiger partial charge in [-0.15, -0.1) is 26.3 Å². The molecule has 45 heavy (non-hydrogen) atoms. The summed E-state index contributed by atoms with van der Waals surface area (Å²) in [6, 6.07) is 7.42. The van der Waals surface area contributed by atoms with Crippen molar-refractivity contribution >= 4 is 23.2 Å². The SMILES string of the molecule is C=CCc1cc(N2C(=O)C(C)(C)C(C)(C)C23N(c2cc(CC=C)c(O)c(CC=C)c2)C(=O)C(C)(C)C3(C)C)cc(CC=C)c1O. The number of allylic oxidation sites excluding steroid dienone is 4. The van der Waals surface area contributed by atoms with Crippen LogP contribution in [0.1, 0.15) is 77.6 Å². The normalized spacial score (nSPS) is 20.4. The molecule has 0 unspecified atom stereocenters. The van der Waals surface area contributed by atoms with Gasteiger partial charge in [0.05, 0.1) is 10.8 Å². The quantitative estimate of drug-likeness (QED) is 0.266. The Balaban J connectivity index is 2.23. The number of rotatable bonds is 10. The van der Waals surface area contributed by atoms with Crippen LogP contribution in [0.5, 0.6) is 11.5 Å². The van der Waals surface area contributed by atoms with E-state index in [1.807, 2.05) is 61.8 Å². The van der Waals surface area contributed by atoms with E-state index >= 15 is 9.59 Å². The van der Waals surface area contributed by atoms with Crippen molar-refractivity contribution in [2.75, 3.05) is 9.80 Å². The molecule has 2 fully saturated rings. The maximum atomic E-state index is 15.0. The van der Waals surface area contributed by atoms with Gasteiger partial charge >= 0.3 is 0 Å². The Morgan fingerprint density at radius 1 is 0.556 bits per heavy atom. The molecule has 0 aromatic heterocycles. The van der Waals surface area contributed by atoms with Crippen molar-refractivity contribution in [1.29, 1.82) is 0 Å². The number of anilines is 2. The van der Waals surface area contributed by atoms with Gasteiger partial charge in [-0.25, -0.2) is 0 Å². The lowest BCUT2D eigenvalue weighted by molar-refractivity contribution is -0.127. The van der Waals surface area contributed by atoms with Crippen LogP contribution < -0.4 is 9.80 Å². The van der Waals surface area contributed by atoms with Gasteiger partial charge in [0.1, 0.15) is 17.2 Å². The van der Waals surface area contributed by atoms with E-state index in [9.17, 15) is 10.2 Å². The Labute approximate surface area is 269 Å². The number of nitrogens with zero attached hydrogens (tertiary/aromatic N) is 2. The second-order valence-electron chi connectivity index (χ2n) is 14.6. The fourth-order valence-corrected chi connectivity index (χ4v) is 7.85. The molecule has 2 aliphatic rings. The summed E-state index contributed by atoms with van der Waals surface area (Å²) in [5, 5.41) is 22.4. The van der Waals surface area contributed by atoms with Gasteiger partial charge in [0.15, 0.2) is 0 Å². The van der Waals surface area contributed by atoms with Crippen LogP contribution in [0.2, 0.25) is 0 Å². The third-order valence-corrected chi connectivity index (χ3v) is 11.5. The molecule has 0 aliphatic carbocycles. The minimum Gasteiger partial charge on any atom is -0.507 e. The van der Waals surface area contributed by atoms with Crippen LogP contribution >= 0.6 is 0 Å². The molecule has 240 valence electrons. The van der Waals surface area contributed by atoms with Crippen LogP contribution in [0.3, 0.4) is 0 Å². The van der Waals surface area contributed by atoms with E-state index in [0.717, 1.165) is 0 Å². The molecule has 6 heteroatoms. The number of aromatic hydroxyl groups is 2. The topological polar surface area (TPSA) is 81.1 Å². The highest BCUT2D eigenvalue weighted by molar-refractivity contribution is 6.11. The Morgan fingerprint density at radius 2 is 0.800 bits per heavy atom. The molecule has 1 spiro atoms. The first-order valence-corrected chi connectivity index (χ1v) is 15.7. The van der Waals surface area contributed by atoms with Crippen molar-refractivity contribution in [1.82, 2.24) is 0 Å². The van der Waals surface area contributed by atoms with Crippen LogP contribution in [0.4, 0.5) is 11.4 Å². The standard InChI is InChI=1S/C39H50N2O4/c1-13-17-25-21-29(22-26(18-14-2)31(25)42)40-33(44)35(5,6)37(9,10)39(40)38(11,12)36(7,8)34(45)41(39)30-23-27(19-15-3)32(43)28(24-30)20-16-4/h13-16,21-24,42-43H,1-4,17-20H2,5-12H3. The molecular weight excluding hydrogens is 560 g/mol. The van der Waals surface area contributed by atoms with Crippen molar-refractivity contribution in [2.24, 2.45) is 21.7 Å². The average molecular weight is 611 g/mol. The summed E-state index contributed by atoms with van der Waals surface area (Å²) in [6.07, 6.45) is 8.50. The number of amides is 2. The Kier molecular flexibility index (Phi) is 8.33. The van der Waals surface area contributed by atoms with Gasteiger partial charge < -0.3 is 10.2 Å². The number of carbonyl (C=O) groups excluding carboxylic acids is 2. The minimum absolute atomic E-state index is 0.118. The fourth-order valence-electron chi connectivity index (χ4n) is 7.85. The van der Waals surface area contributed by atoms with Crippen LogP contribution in [0.15, 0.2) is 74.9 Å². The molecule has 4 rings (SSSR count). The van der Waals surface area contributed by atoms with E-state index in [1.54, 1.807) is 24.3 Å². The lowest BCUT2D eigenvalue weighted by Gasteiger charge is -2.58. The lowest BCUT2D eigenvalue weighted by Crippen LogP contribution is -2.69. The summed E-state index contributed by atoms with van der Waals surface area (Å²) in [7, 11) is 0. The second-order valence-corrected chi connectivity index (χ2v) is 14.6. The summed E-state index contributed by atoms with van der Waals surface area (Å²) in [5.74, 6) is 0.0660. The molecule has 2 aromatic carbocycles. The van der Waals surface area contributed by atoms with E-state index in [2.05, 4.69) is 54.0 Å². The number of phenolic OH excluding ortho intramolecular Hbond substituents is 2. The lowest BCUT2D eigenvalue weighted by atomic mass is 9.53. The van der Waals surface area contributed by atoms with E-state index in [-0.39, 0.29) is 23.3 Å². The summed E-state index contributed by atoms with van der Waals surface area (Å²) < 4.78 is 0. The highest BCUT2D eigenvalue weighted by atomic mass is 16.3. The van der Waals surface area contributed by atoms with Gasteiger partial charge in [-0.1, -0.05) is 79.7 Å². The number of benzene rings is 2. The highest BCUT2D eigenvalue weighted by Crippen LogP contribution is 2.72. The molecular formula is C39H50N2O4. The van der Waals surface area contributed by atoms with E-state index in [4.69, 9.17) is 0 Å². The third kappa shape index (κ3) is 4.28. The average Bonchev–Trinajstić information content (AvgIpc) is 3.16. The zero-order chi connectivity index (χ0) is 33.9. The second kappa shape index (κ2) is 11.1. The fraction of sp³-hybridized carbons (Fsp3) is 0.436. The molecule has 2 heterocycles. The highest BCUT2D eigenvalue weighted by Gasteiger charge is 2.82. The molecule has 0 saturated carbocycles. The molecule has 0 bridgehead atoms. The van der Waals surface area contributed by atoms with Gasteiger partial charge in [0, 0.05) is 22.2 Å². The van der Waals surface area contributed by atoms with Crippen LogP contribution in [0.25, 0.3) is 0 Å². The first-order valence-electron chi connectivity index (χ1n) is 15.7. The first-order chi connectivity index (χ1) is 20.9. The van der Waals surface area contributed by atoms with Crippen molar-refractivity contribution in [3.05, 3.63) is 97.1 Å². The molecule has 2 aromatic rings. The number of carbonyl (C=O) groups is 2. The zero-order valence-corrected chi connectivity index (χ0v) is 28.4. The van der Waals surface area contributed by atoms with Gasteiger partial charge in [-0.3, -0.25) is 19.4 Å². The smallest absolute Gasteiger partial charge is 0.235 e. The number of hydrogen-bond acceptors (Lipinski definition) is 4. The Morgan fingerprint density at radius 3 is 1.02 bits per heavy atom. The number of hydrogen-bond donors (Lipinski definition) is 2. The van der Waals surface area contributed by atoms with Crippen LogP contribution in [-0.2, 0) is 35.3 Å². The minimum atomic E-state index is -1.22. The molecule has 0 radical (unpaired) electrons. The molecule has 0 atom stereocenters. The van der Waals surface area contributed by atoms with E-state index < -0.39 is 27.3 Å². The maximum absolute atomic E-state index is 15.0. The van der Waals surface area contributed by atoms with Crippen molar-refractivity contribution < 1.29 is 19.8 Å². The molecule has 2 N–H and O–H groups in total. The van der Waals surface area contributed by atoms with Crippen molar-refractivity contribution in [3.63, 3.8) is 0 Å². The molecule has 6 nitrogen and oxygen atoms in total. The Hall–Kier alpha value is -4.06. The molecule has 2 amide bonds. The van der Waals surface area contributed by atoms with Crippen molar-refractivity contribution in [2.45, 2.75) is 86.7 Å². The van der Waals surface area contributed by atoms with E-state index in [0.29, 0.717) is 59.3 Å². The van der Waals surface area contributed by atoms with Crippen LogP contribution in [0, 0.1) is 21.7 Å². The van der Waals surface area contributed by atoms with Gasteiger partial charge in [0.2, 0.25) is 11.8 Å².